The van der Waals surface area contributed by atoms with Crippen molar-refractivity contribution in [2.75, 3.05) is 4.90 Å². The van der Waals surface area contributed by atoms with Crippen LogP contribution in [-0.2, 0) is 0 Å². The summed E-state index contributed by atoms with van der Waals surface area (Å²) in [6.07, 6.45) is 10.7. The molecule has 0 saturated heterocycles. The Balaban J connectivity index is 1.51. The molecule has 0 spiro atoms. The first-order valence-electron chi connectivity index (χ1n) is 9.92. The van der Waals surface area contributed by atoms with Crippen molar-refractivity contribution in [2.45, 2.75) is 37.9 Å². The Morgan fingerprint density at radius 1 is 1.14 bits per heavy atom. The zero-order chi connectivity index (χ0) is 19.4. The molecule has 2 aromatic heterocycles. The van der Waals surface area contributed by atoms with Gasteiger partial charge in [-0.05, 0) is 12.8 Å². The lowest BCUT2D eigenvalue weighted by atomic mass is 9.80. The van der Waals surface area contributed by atoms with E-state index in [0.29, 0.717) is 29.2 Å². The smallest absolute Gasteiger partial charge is 0.208 e. The van der Waals surface area contributed by atoms with E-state index in [4.69, 9.17) is 0 Å². The maximum atomic E-state index is 9.68. The molecule has 9 nitrogen and oxygen atoms in total. The minimum absolute atomic E-state index is 0.0465. The van der Waals surface area contributed by atoms with Gasteiger partial charge < -0.3 is 4.57 Å². The second-order valence-electron chi connectivity index (χ2n) is 7.72. The number of hydrazone groups is 1. The number of fused-ring (bicyclic) bond motifs is 6. The van der Waals surface area contributed by atoms with Crippen molar-refractivity contribution in [1.29, 1.82) is 5.26 Å². The van der Waals surface area contributed by atoms with Crippen LogP contribution in [0.25, 0.3) is 11.3 Å². The predicted octanol–water partition coefficient (Wildman–Crippen LogP) is 2.31. The number of amidine groups is 1. The second-order valence-corrected chi connectivity index (χ2v) is 7.72. The fraction of sp³-hybridized carbons (Fsp3) is 0.350. The Labute approximate surface area is 167 Å². The molecule has 4 heterocycles. The van der Waals surface area contributed by atoms with Crippen LogP contribution >= 0.6 is 0 Å². The molecule has 1 aromatic carbocycles. The average Bonchev–Trinajstić information content (AvgIpc) is 3.51. The van der Waals surface area contributed by atoms with Crippen molar-refractivity contribution < 1.29 is 0 Å². The summed E-state index contributed by atoms with van der Waals surface area (Å²) in [4.78, 5) is 6.59. The van der Waals surface area contributed by atoms with E-state index in [-0.39, 0.29) is 6.17 Å². The summed E-state index contributed by atoms with van der Waals surface area (Å²) in [5.74, 6) is 2.08. The van der Waals surface area contributed by atoms with Crippen LogP contribution in [0, 0.1) is 17.4 Å². The summed E-state index contributed by atoms with van der Waals surface area (Å²) in [6.45, 7) is 0. The number of aromatic nitrogens is 5. The highest BCUT2D eigenvalue weighted by Crippen LogP contribution is 2.45. The molecule has 3 unspecified atom stereocenters. The Morgan fingerprint density at radius 2 is 2.00 bits per heavy atom. The molecule has 1 N–H and O–H groups in total. The average molecular weight is 385 g/mol. The van der Waals surface area contributed by atoms with Crippen LogP contribution in [-0.4, -0.2) is 36.5 Å². The standard InChI is InChI=1S/C20H19N9/c21-11-28-18(17(23-26-28)13-6-2-1-3-7-13)20-25-24-19-14-8-4-5-9-15(14)27-12-22-10-16(27)29(19)20/h1-3,6-7,10,12,14-15,19,24H,4-5,8-9H2. The molecule has 0 radical (unpaired) electrons. The summed E-state index contributed by atoms with van der Waals surface area (Å²) < 4.78 is 3.52. The van der Waals surface area contributed by atoms with Crippen LogP contribution in [0.2, 0.25) is 0 Å². The van der Waals surface area contributed by atoms with Gasteiger partial charge in [-0.15, -0.1) is 9.78 Å². The lowest BCUT2D eigenvalue weighted by Gasteiger charge is -2.45. The number of nitrogens with zero attached hydrogens (tertiary/aromatic N) is 8. The molecule has 1 fully saturated rings. The summed E-state index contributed by atoms with van der Waals surface area (Å²) in [7, 11) is 0. The van der Waals surface area contributed by atoms with Crippen molar-refractivity contribution in [1.82, 2.24) is 30.0 Å². The third-order valence-electron chi connectivity index (χ3n) is 6.27. The number of anilines is 1. The maximum absolute atomic E-state index is 9.68. The largest absolute Gasteiger partial charge is 0.314 e. The maximum Gasteiger partial charge on any atom is 0.208 e. The Hall–Kier alpha value is -3.67. The van der Waals surface area contributed by atoms with Crippen LogP contribution in [0.1, 0.15) is 37.4 Å². The first-order chi connectivity index (χ1) is 14.4. The third-order valence-corrected chi connectivity index (χ3v) is 6.27. The SMILES string of the molecule is N#Cn1nnc(-c2ccccc2)c1C1=NNC2C3CCCCC3n3cncc3N12. The van der Waals surface area contributed by atoms with E-state index in [1.807, 2.05) is 42.9 Å². The molecule has 3 atom stereocenters. The Morgan fingerprint density at radius 3 is 2.86 bits per heavy atom. The van der Waals surface area contributed by atoms with Crippen LogP contribution in [0.15, 0.2) is 48.0 Å². The first kappa shape index (κ1) is 16.3. The van der Waals surface area contributed by atoms with E-state index in [0.717, 1.165) is 24.2 Å². The van der Waals surface area contributed by atoms with Gasteiger partial charge in [-0.2, -0.15) is 10.4 Å². The van der Waals surface area contributed by atoms with Crippen molar-refractivity contribution in [3.8, 4) is 17.5 Å². The molecule has 2 aliphatic heterocycles. The number of hydrogen-bond donors (Lipinski definition) is 1. The van der Waals surface area contributed by atoms with E-state index >= 15 is 0 Å². The number of rotatable bonds is 2. The Bertz CT molecular complexity index is 1140. The molecular weight excluding hydrogens is 366 g/mol. The first-order valence-corrected chi connectivity index (χ1v) is 9.92. The number of nitriles is 1. The molecule has 29 heavy (non-hydrogen) atoms. The summed E-state index contributed by atoms with van der Waals surface area (Å²) in [5.41, 5.74) is 5.49. The van der Waals surface area contributed by atoms with Crippen LogP contribution in [0.5, 0.6) is 0 Å². The van der Waals surface area contributed by atoms with E-state index in [1.54, 1.807) is 0 Å². The van der Waals surface area contributed by atoms with Crippen LogP contribution < -0.4 is 10.3 Å². The predicted molar refractivity (Wildman–Crippen MR) is 106 cm³/mol. The van der Waals surface area contributed by atoms with Crippen LogP contribution in [0.3, 0.4) is 0 Å². The Kier molecular flexibility index (Phi) is 3.47. The van der Waals surface area contributed by atoms with Gasteiger partial charge >= 0.3 is 0 Å². The molecule has 6 rings (SSSR count). The quantitative estimate of drug-likeness (QED) is 0.727. The molecular formula is C20H19N9. The topological polar surface area (TPSA) is 99.9 Å². The normalized spacial score (nSPS) is 24.7. The minimum Gasteiger partial charge on any atom is -0.314 e. The molecule has 1 saturated carbocycles. The van der Waals surface area contributed by atoms with Gasteiger partial charge in [-0.25, -0.2) is 4.98 Å². The molecule has 3 aliphatic rings. The van der Waals surface area contributed by atoms with Gasteiger partial charge in [0.1, 0.15) is 17.7 Å². The van der Waals surface area contributed by atoms with Crippen LogP contribution in [0.4, 0.5) is 5.82 Å². The zero-order valence-electron chi connectivity index (χ0n) is 15.7. The number of hydrogen-bond acceptors (Lipinski definition) is 7. The van der Waals surface area contributed by atoms with Crippen molar-refractivity contribution in [3.63, 3.8) is 0 Å². The highest BCUT2D eigenvalue weighted by atomic mass is 15.6. The summed E-state index contributed by atoms with van der Waals surface area (Å²) in [6, 6.07) is 10.2. The van der Waals surface area contributed by atoms with Gasteiger partial charge in [-0.1, -0.05) is 48.4 Å². The van der Waals surface area contributed by atoms with Gasteiger partial charge in [0, 0.05) is 17.5 Å². The second kappa shape index (κ2) is 6.17. The van der Waals surface area contributed by atoms with Gasteiger partial charge in [-0.3, -0.25) is 10.3 Å². The van der Waals surface area contributed by atoms with Gasteiger partial charge in [0.15, 0.2) is 11.5 Å². The van der Waals surface area contributed by atoms with Gasteiger partial charge in [0.05, 0.1) is 12.5 Å². The number of imidazole rings is 1. The molecule has 1 aliphatic carbocycles. The van der Waals surface area contributed by atoms with Gasteiger partial charge in [0.2, 0.25) is 6.19 Å². The van der Waals surface area contributed by atoms with E-state index < -0.39 is 0 Å². The zero-order valence-corrected chi connectivity index (χ0v) is 15.7. The highest BCUT2D eigenvalue weighted by molar-refractivity contribution is 6.13. The molecule has 0 amide bonds. The van der Waals surface area contributed by atoms with Crippen molar-refractivity contribution in [2.24, 2.45) is 11.0 Å². The van der Waals surface area contributed by atoms with E-state index in [2.05, 4.69) is 41.5 Å². The lowest BCUT2D eigenvalue weighted by molar-refractivity contribution is 0.176. The summed E-state index contributed by atoms with van der Waals surface area (Å²) in [5, 5.41) is 22.7. The van der Waals surface area contributed by atoms with Gasteiger partial charge in [0.25, 0.3) is 0 Å². The fourth-order valence-corrected chi connectivity index (χ4v) is 5.01. The van der Waals surface area contributed by atoms with Crippen molar-refractivity contribution in [3.05, 3.63) is 48.5 Å². The molecule has 9 heteroatoms. The fourth-order valence-electron chi connectivity index (χ4n) is 5.01. The highest BCUT2D eigenvalue weighted by Gasteiger charge is 2.47. The van der Waals surface area contributed by atoms with E-state index in [9.17, 15) is 5.26 Å². The number of nitrogens with one attached hydrogen (secondary N) is 1. The monoisotopic (exact) mass is 385 g/mol. The third kappa shape index (κ3) is 2.26. The summed E-state index contributed by atoms with van der Waals surface area (Å²) >= 11 is 0. The molecule has 3 aromatic rings. The molecule has 0 bridgehead atoms. The van der Waals surface area contributed by atoms with Crippen molar-refractivity contribution >= 4 is 11.7 Å². The minimum atomic E-state index is 0.0465. The molecule has 144 valence electrons. The number of benzene rings is 1. The van der Waals surface area contributed by atoms with E-state index in [1.165, 1.54) is 17.5 Å². The lowest BCUT2D eigenvalue weighted by Crippen LogP contribution is -2.54.